The first-order valence-electron chi connectivity index (χ1n) is 6.27. The number of imidazole rings is 1. The smallest absolute Gasteiger partial charge is 0.207 e. The van der Waals surface area contributed by atoms with Crippen LogP contribution in [0.25, 0.3) is 0 Å². The van der Waals surface area contributed by atoms with Crippen LogP contribution in [-0.2, 0) is 11.3 Å². The molecule has 1 heterocycles. The van der Waals surface area contributed by atoms with Gasteiger partial charge in [-0.15, -0.1) is 0 Å². The minimum absolute atomic E-state index is 0.559. The highest BCUT2D eigenvalue weighted by atomic mass is 35.5. The van der Waals surface area contributed by atoms with Crippen LogP contribution in [0.4, 0.5) is 11.6 Å². The van der Waals surface area contributed by atoms with E-state index in [0.717, 1.165) is 23.9 Å². The van der Waals surface area contributed by atoms with Crippen molar-refractivity contribution in [3.05, 3.63) is 35.1 Å². The number of hydrogen-bond donors (Lipinski definition) is 1. The standard InChI is InChI=1S/C14H18ClN3O2/c1-10-9-18(6-7-19-2)14(16-10)17-11-4-5-13(20-3)12(15)8-11/h4-5,8-9H,6-7H2,1-3H3,(H,16,17). The number of anilines is 2. The number of aryl methyl sites for hydroxylation is 1. The third-order valence-corrected chi connectivity index (χ3v) is 3.14. The Balaban J connectivity index is 2.18. The normalized spacial score (nSPS) is 10.6. The lowest BCUT2D eigenvalue weighted by Gasteiger charge is -2.10. The van der Waals surface area contributed by atoms with E-state index in [1.165, 1.54) is 0 Å². The molecule has 0 aliphatic carbocycles. The third kappa shape index (κ3) is 3.43. The van der Waals surface area contributed by atoms with Gasteiger partial charge in [-0.3, -0.25) is 0 Å². The lowest BCUT2D eigenvalue weighted by atomic mass is 10.3. The maximum Gasteiger partial charge on any atom is 0.207 e. The molecule has 0 fully saturated rings. The molecule has 108 valence electrons. The van der Waals surface area contributed by atoms with Gasteiger partial charge in [0.05, 0.1) is 24.4 Å². The first kappa shape index (κ1) is 14.7. The van der Waals surface area contributed by atoms with Crippen molar-refractivity contribution in [2.24, 2.45) is 0 Å². The second-order valence-electron chi connectivity index (χ2n) is 4.37. The van der Waals surface area contributed by atoms with Crippen LogP contribution in [0.5, 0.6) is 5.75 Å². The van der Waals surface area contributed by atoms with E-state index in [1.54, 1.807) is 14.2 Å². The lowest BCUT2D eigenvalue weighted by molar-refractivity contribution is 0.188. The molecule has 0 spiro atoms. The number of benzene rings is 1. The molecule has 0 amide bonds. The van der Waals surface area contributed by atoms with Crippen LogP contribution >= 0.6 is 11.6 Å². The molecule has 0 unspecified atom stereocenters. The summed E-state index contributed by atoms with van der Waals surface area (Å²) in [4.78, 5) is 4.45. The summed E-state index contributed by atoms with van der Waals surface area (Å²) in [7, 11) is 3.27. The SMILES string of the molecule is COCCn1cc(C)nc1Nc1ccc(OC)c(Cl)c1. The molecule has 0 atom stereocenters. The highest BCUT2D eigenvalue weighted by Crippen LogP contribution is 2.28. The Morgan fingerprint density at radius 1 is 1.35 bits per heavy atom. The number of hydrogen-bond acceptors (Lipinski definition) is 4. The Hall–Kier alpha value is -1.72. The summed E-state index contributed by atoms with van der Waals surface area (Å²) in [6, 6.07) is 5.53. The molecule has 1 aromatic carbocycles. The number of aromatic nitrogens is 2. The van der Waals surface area contributed by atoms with E-state index in [2.05, 4.69) is 10.3 Å². The van der Waals surface area contributed by atoms with Gasteiger partial charge in [0, 0.05) is 25.5 Å². The number of rotatable bonds is 6. The van der Waals surface area contributed by atoms with Crippen LogP contribution in [0.15, 0.2) is 24.4 Å². The van der Waals surface area contributed by atoms with E-state index in [4.69, 9.17) is 21.1 Å². The van der Waals surface area contributed by atoms with Gasteiger partial charge in [0.25, 0.3) is 0 Å². The minimum atomic E-state index is 0.559. The Labute approximate surface area is 123 Å². The van der Waals surface area contributed by atoms with E-state index in [-0.39, 0.29) is 0 Å². The largest absolute Gasteiger partial charge is 0.495 e. The molecule has 2 rings (SSSR count). The molecule has 1 aromatic heterocycles. The van der Waals surface area contributed by atoms with Crippen LogP contribution in [0.3, 0.4) is 0 Å². The van der Waals surface area contributed by atoms with E-state index in [0.29, 0.717) is 17.4 Å². The third-order valence-electron chi connectivity index (χ3n) is 2.84. The highest BCUT2D eigenvalue weighted by molar-refractivity contribution is 6.32. The van der Waals surface area contributed by atoms with Crippen LogP contribution < -0.4 is 10.1 Å². The highest BCUT2D eigenvalue weighted by Gasteiger charge is 2.07. The summed E-state index contributed by atoms with van der Waals surface area (Å²) in [6.07, 6.45) is 1.98. The first-order chi connectivity index (χ1) is 9.63. The molecule has 0 bridgehead atoms. The summed E-state index contributed by atoms with van der Waals surface area (Å²) in [5.74, 6) is 1.41. The minimum Gasteiger partial charge on any atom is -0.495 e. The fourth-order valence-electron chi connectivity index (χ4n) is 1.88. The maximum atomic E-state index is 6.11. The van der Waals surface area contributed by atoms with Crippen molar-refractivity contribution >= 4 is 23.2 Å². The summed E-state index contributed by atoms with van der Waals surface area (Å²) in [5, 5.41) is 3.81. The van der Waals surface area contributed by atoms with Crippen LogP contribution in [-0.4, -0.2) is 30.4 Å². The Kier molecular flexibility index (Phi) is 4.87. The van der Waals surface area contributed by atoms with E-state index in [1.807, 2.05) is 35.9 Å². The van der Waals surface area contributed by atoms with Crippen LogP contribution in [0.1, 0.15) is 5.69 Å². The quantitative estimate of drug-likeness (QED) is 0.889. The number of nitrogens with one attached hydrogen (secondary N) is 1. The van der Waals surface area contributed by atoms with Crippen molar-refractivity contribution in [1.82, 2.24) is 9.55 Å². The molecule has 0 aliphatic heterocycles. The predicted octanol–water partition coefficient (Wildman–Crippen LogP) is 3.24. The van der Waals surface area contributed by atoms with Gasteiger partial charge in [-0.25, -0.2) is 4.98 Å². The second-order valence-corrected chi connectivity index (χ2v) is 4.77. The fourth-order valence-corrected chi connectivity index (χ4v) is 2.14. The maximum absolute atomic E-state index is 6.11. The Morgan fingerprint density at radius 3 is 2.80 bits per heavy atom. The molecule has 0 saturated heterocycles. The van der Waals surface area contributed by atoms with Gasteiger partial charge >= 0.3 is 0 Å². The van der Waals surface area contributed by atoms with Gasteiger partial charge in [-0.1, -0.05) is 11.6 Å². The van der Waals surface area contributed by atoms with E-state index < -0.39 is 0 Å². The average molecular weight is 296 g/mol. The fraction of sp³-hybridized carbons (Fsp3) is 0.357. The first-order valence-corrected chi connectivity index (χ1v) is 6.65. The molecule has 5 nitrogen and oxygen atoms in total. The second kappa shape index (κ2) is 6.63. The van der Waals surface area contributed by atoms with Gasteiger partial charge in [0.2, 0.25) is 5.95 Å². The Morgan fingerprint density at radius 2 is 2.15 bits per heavy atom. The van der Waals surface area contributed by atoms with Gasteiger partial charge in [0.1, 0.15) is 5.75 Å². The van der Waals surface area contributed by atoms with Gasteiger partial charge in [0.15, 0.2) is 0 Å². The predicted molar refractivity (Wildman–Crippen MR) is 80.1 cm³/mol. The molecular weight excluding hydrogens is 278 g/mol. The molecule has 6 heteroatoms. The molecule has 0 radical (unpaired) electrons. The zero-order valence-corrected chi connectivity index (χ0v) is 12.6. The van der Waals surface area contributed by atoms with Crippen molar-refractivity contribution in [1.29, 1.82) is 0 Å². The van der Waals surface area contributed by atoms with Crippen molar-refractivity contribution < 1.29 is 9.47 Å². The van der Waals surface area contributed by atoms with Gasteiger partial charge in [-0.05, 0) is 25.1 Å². The van der Waals surface area contributed by atoms with E-state index in [9.17, 15) is 0 Å². The van der Waals surface area contributed by atoms with Gasteiger partial charge in [-0.2, -0.15) is 0 Å². The number of ether oxygens (including phenoxy) is 2. The van der Waals surface area contributed by atoms with Crippen LogP contribution in [0.2, 0.25) is 5.02 Å². The van der Waals surface area contributed by atoms with Gasteiger partial charge < -0.3 is 19.4 Å². The molecule has 20 heavy (non-hydrogen) atoms. The van der Waals surface area contributed by atoms with E-state index >= 15 is 0 Å². The van der Waals surface area contributed by atoms with Crippen molar-refractivity contribution in [2.75, 3.05) is 26.1 Å². The topological polar surface area (TPSA) is 48.3 Å². The summed E-state index contributed by atoms with van der Waals surface area (Å²) < 4.78 is 12.2. The number of halogens is 1. The van der Waals surface area contributed by atoms with Crippen molar-refractivity contribution in [3.63, 3.8) is 0 Å². The summed E-state index contributed by atoms with van der Waals surface area (Å²) in [5.41, 5.74) is 1.81. The Bertz CT molecular complexity index is 584. The molecule has 0 saturated carbocycles. The zero-order valence-electron chi connectivity index (χ0n) is 11.8. The molecule has 1 N–H and O–H groups in total. The summed E-state index contributed by atoms with van der Waals surface area (Å²) in [6.45, 7) is 3.33. The summed E-state index contributed by atoms with van der Waals surface area (Å²) >= 11 is 6.11. The number of nitrogens with zero attached hydrogens (tertiary/aromatic N) is 2. The zero-order chi connectivity index (χ0) is 14.5. The van der Waals surface area contributed by atoms with Crippen molar-refractivity contribution in [2.45, 2.75) is 13.5 Å². The lowest BCUT2D eigenvalue weighted by Crippen LogP contribution is -2.07. The molecule has 0 aliphatic rings. The monoisotopic (exact) mass is 295 g/mol. The number of methoxy groups -OCH3 is 2. The average Bonchev–Trinajstić information content (AvgIpc) is 2.76. The van der Waals surface area contributed by atoms with Crippen molar-refractivity contribution in [3.8, 4) is 5.75 Å². The molecule has 2 aromatic rings. The van der Waals surface area contributed by atoms with Crippen LogP contribution in [0, 0.1) is 6.92 Å². The molecular formula is C14H18ClN3O2.